The van der Waals surface area contributed by atoms with E-state index in [-0.39, 0.29) is 13.2 Å². The second-order valence-electron chi connectivity index (χ2n) is 2.15. The first-order valence-electron chi connectivity index (χ1n) is 4.06. The van der Waals surface area contributed by atoms with Crippen molar-refractivity contribution in [2.45, 2.75) is 13.8 Å². The van der Waals surface area contributed by atoms with Gasteiger partial charge in [0.1, 0.15) is 0 Å². The van der Waals surface area contributed by atoms with Gasteiger partial charge in [0.2, 0.25) is 0 Å². The second-order valence-corrected chi connectivity index (χ2v) is 5.06. The Morgan fingerprint density at radius 2 is 1.20 bits per heavy atom. The lowest BCUT2D eigenvalue weighted by Gasteiger charge is -2.13. The van der Waals surface area contributed by atoms with Crippen LogP contribution in [0.15, 0.2) is 0 Å². The number of phosphoric ester groups is 2. The highest BCUT2D eigenvalue weighted by Gasteiger charge is 2.25. The molecule has 2 N–H and O–H groups in total. The molecular weight excluding hydrogens is 250 g/mol. The Morgan fingerprint density at radius 1 is 0.867 bits per heavy atom. The first kappa shape index (κ1) is 15.2. The van der Waals surface area contributed by atoms with Gasteiger partial charge < -0.3 is 9.79 Å². The van der Waals surface area contributed by atoms with Crippen LogP contribution in [-0.2, 0) is 27.2 Å². The molecule has 0 heterocycles. The normalized spacial score (nSPS) is 19.5. The van der Waals surface area contributed by atoms with Gasteiger partial charge in [-0.2, -0.15) is 0 Å². The lowest BCUT2D eigenvalue weighted by atomic mass is 10.9. The monoisotopic (exact) mass is 264 g/mol. The molecule has 0 aromatic carbocycles. The number of rotatable bonds is 8. The van der Waals surface area contributed by atoms with Gasteiger partial charge in [0.15, 0.2) is 6.79 Å². The van der Waals surface area contributed by atoms with Gasteiger partial charge in [0.05, 0.1) is 13.2 Å². The highest BCUT2D eigenvalue weighted by molar-refractivity contribution is 7.48. The van der Waals surface area contributed by atoms with Gasteiger partial charge in [0.25, 0.3) is 0 Å². The number of hydrogen-bond donors (Lipinski definition) is 2. The van der Waals surface area contributed by atoms with Crippen LogP contribution in [-0.4, -0.2) is 29.8 Å². The molecule has 0 fully saturated rings. The highest BCUT2D eigenvalue weighted by Crippen LogP contribution is 2.47. The SMILES string of the molecule is CCOP(=O)(O)OCOP(=O)(O)OCC. The molecule has 0 saturated carbocycles. The van der Waals surface area contributed by atoms with Gasteiger partial charge in [-0.1, -0.05) is 0 Å². The van der Waals surface area contributed by atoms with Crippen molar-refractivity contribution in [2.75, 3.05) is 20.0 Å². The van der Waals surface area contributed by atoms with Crippen LogP contribution in [0.4, 0.5) is 0 Å². The summed E-state index contributed by atoms with van der Waals surface area (Å²) >= 11 is 0. The van der Waals surface area contributed by atoms with E-state index < -0.39 is 22.4 Å². The highest BCUT2D eigenvalue weighted by atomic mass is 31.2. The van der Waals surface area contributed by atoms with Crippen LogP contribution in [0.3, 0.4) is 0 Å². The summed E-state index contributed by atoms with van der Waals surface area (Å²) in [5.74, 6) is 0. The van der Waals surface area contributed by atoms with Gasteiger partial charge in [-0.3, -0.25) is 18.1 Å². The Bertz CT molecular complexity index is 240. The van der Waals surface area contributed by atoms with Gasteiger partial charge in [-0.15, -0.1) is 0 Å². The predicted molar refractivity (Wildman–Crippen MR) is 49.9 cm³/mol. The van der Waals surface area contributed by atoms with E-state index in [1.807, 2.05) is 0 Å². The van der Waals surface area contributed by atoms with Crippen molar-refractivity contribution < 1.29 is 37.0 Å². The molecule has 0 bridgehead atoms. The summed E-state index contributed by atoms with van der Waals surface area (Å²) in [4.78, 5) is 17.7. The maximum atomic E-state index is 10.9. The molecular formula is C5H14O8P2. The molecule has 0 aromatic rings. The summed E-state index contributed by atoms with van der Waals surface area (Å²) in [6.45, 7) is 2.04. The van der Waals surface area contributed by atoms with Crippen molar-refractivity contribution in [3.05, 3.63) is 0 Å². The number of phosphoric acid groups is 2. The van der Waals surface area contributed by atoms with Gasteiger partial charge in [0, 0.05) is 0 Å². The Balaban J connectivity index is 3.88. The molecule has 8 nitrogen and oxygen atoms in total. The van der Waals surface area contributed by atoms with Crippen molar-refractivity contribution in [3.63, 3.8) is 0 Å². The molecule has 0 rings (SSSR count). The van der Waals surface area contributed by atoms with Crippen LogP contribution in [0.5, 0.6) is 0 Å². The van der Waals surface area contributed by atoms with E-state index in [0.29, 0.717) is 0 Å². The molecule has 0 amide bonds. The van der Waals surface area contributed by atoms with Crippen molar-refractivity contribution in [2.24, 2.45) is 0 Å². The zero-order chi connectivity index (χ0) is 11.9. The lowest BCUT2D eigenvalue weighted by molar-refractivity contribution is 0.0401. The van der Waals surface area contributed by atoms with Crippen molar-refractivity contribution >= 4 is 15.6 Å². The fourth-order valence-corrected chi connectivity index (χ4v) is 1.81. The van der Waals surface area contributed by atoms with Gasteiger partial charge in [-0.05, 0) is 13.8 Å². The Kier molecular flexibility index (Phi) is 6.83. The molecule has 0 radical (unpaired) electrons. The largest absolute Gasteiger partial charge is 0.474 e. The molecule has 0 aromatic heterocycles. The third-order valence-electron chi connectivity index (χ3n) is 1.02. The first-order valence-corrected chi connectivity index (χ1v) is 7.06. The Morgan fingerprint density at radius 3 is 1.47 bits per heavy atom. The fourth-order valence-electron chi connectivity index (χ4n) is 0.558. The molecule has 2 unspecified atom stereocenters. The van der Waals surface area contributed by atoms with Gasteiger partial charge in [-0.25, -0.2) is 9.13 Å². The standard InChI is InChI=1S/C5H14O8P2/c1-3-10-14(6,7)12-5-13-15(8,9)11-4-2/h3-5H2,1-2H3,(H,6,7)(H,8,9). The Labute approximate surface area is 87.3 Å². The van der Waals surface area contributed by atoms with E-state index in [1.54, 1.807) is 0 Å². The van der Waals surface area contributed by atoms with Crippen LogP contribution in [0.25, 0.3) is 0 Å². The maximum Gasteiger partial charge on any atom is 0.474 e. The minimum Gasteiger partial charge on any atom is -0.302 e. The van der Waals surface area contributed by atoms with E-state index in [9.17, 15) is 9.13 Å². The molecule has 0 saturated heterocycles. The Hall–Kier alpha value is 0.220. The zero-order valence-electron chi connectivity index (χ0n) is 8.36. The molecule has 0 aliphatic rings. The van der Waals surface area contributed by atoms with Crippen LogP contribution in [0.1, 0.15) is 13.8 Å². The molecule has 2 atom stereocenters. The van der Waals surface area contributed by atoms with Crippen LogP contribution in [0, 0.1) is 0 Å². The van der Waals surface area contributed by atoms with E-state index in [2.05, 4.69) is 18.1 Å². The van der Waals surface area contributed by atoms with Crippen LogP contribution >= 0.6 is 15.6 Å². The van der Waals surface area contributed by atoms with Gasteiger partial charge >= 0.3 is 15.6 Å². The minimum absolute atomic E-state index is 0.0317. The van der Waals surface area contributed by atoms with E-state index in [1.165, 1.54) is 13.8 Å². The number of hydrogen-bond acceptors (Lipinski definition) is 6. The van der Waals surface area contributed by atoms with Crippen molar-refractivity contribution in [1.29, 1.82) is 0 Å². The molecule has 0 spiro atoms. The summed E-state index contributed by atoms with van der Waals surface area (Å²) in [5.41, 5.74) is 0. The molecule has 0 aliphatic carbocycles. The average molecular weight is 264 g/mol. The summed E-state index contributed by atoms with van der Waals surface area (Å²) in [6, 6.07) is 0. The molecule has 10 heteroatoms. The minimum atomic E-state index is -4.21. The fraction of sp³-hybridized carbons (Fsp3) is 1.00. The van der Waals surface area contributed by atoms with E-state index in [0.717, 1.165) is 0 Å². The lowest BCUT2D eigenvalue weighted by Crippen LogP contribution is -2.01. The zero-order valence-corrected chi connectivity index (χ0v) is 10.1. The molecule has 0 aliphatic heterocycles. The molecule has 15 heavy (non-hydrogen) atoms. The van der Waals surface area contributed by atoms with E-state index in [4.69, 9.17) is 9.79 Å². The summed E-state index contributed by atoms with van der Waals surface area (Å²) in [5, 5.41) is 0. The first-order chi connectivity index (χ1) is 6.83. The summed E-state index contributed by atoms with van der Waals surface area (Å²) in [6.07, 6.45) is 0. The summed E-state index contributed by atoms with van der Waals surface area (Å²) < 4.78 is 38.8. The second kappa shape index (κ2) is 6.73. The van der Waals surface area contributed by atoms with Crippen molar-refractivity contribution in [3.8, 4) is 0 Å². The average Bonchev–Trinajstić information content (AvgIpc) is 2.02. The third kappa shape index (κ3) is 8.07. The van der Waals surface area contributed by atoms with E-state index >= 15 is 0 Å². The van der Waals surface area contributed by atoms with Crippen LogP contribution in [0.2, 0.25) is 0 Å². The van der Waals surface area contributed by atoms with Crippen LogP contribution < -0.4 is 0 Å². The maximum absolute atomic E-state index is 10.9. The third-order valence-corrected chi connectivity index (χ3v) is 3.05. The summed E-state index contributed by atoms with van der Waals surface area (Å²) in [7, 11) is -8.42. The topological polar surface area (TPSA) is 112 Å². The molecule has 92 valence electrons. The quantitative estimate of drug-likeness (QED) is 0.497. The predicted octanol–water partition coefficient (Wildman–Crippen LogP) is 1.25. The van der Waals surface area contributed by atoms with Crippen molar-refractivity contribution in [1.82, 2.24) is 0 Å². The smallest absolute Gasteiger partial charge is 0.302 e.